The summed E-state index contributed by atoms with van der Waals surface area (Å²) in [5.41, 5.74) is 0.820. The predicted molar refractivity (Wildman–Crippen MR) is 80.1 cm³/mol. The van der Waals surface area contributed by atoms with E-state index in [2.05, 4.69) is 10.3 Å². The van der Waals surface area contributed by atoms with Crippen molar-refractivity contribution in [3.63, 3.8) is 0 Å². The number of nitrogens with zero attached hydrogens (tertiary/aromatic N) is 4. The number of benzene rings is 1. The smallest absolute Gasteiger partial charge is 0.308 e. The second kappa shape index (κ2) is 5.74. The third-order valence-corrected chi connectivity index (χ3v) is 5.98. The van der Waals surface area contributed by atoms with Crippen LogP contribution in [0.2, 0.25) is 0 Å². The second-order valence-corrected chi connectivity index (χ2v) is 7.36. The van der Waals surface area contributed by atoms with Crippen LogP contribution >= 0.6 is 0 Å². The Balaban J connectivity index is 1.95. The van der Waals surface area contributed by atoms with Crippen LogP contribution in [0.15, 0.2) is 41.6 Å². The number of hydrogen-bond donors (Lipinski definition) is 1. The summed E-state index contributed by atoms with van der Waals surface area (Å²) < 4.78 is 27.8. The largest absolute Gasteiger partial charge is 0.481 e. The highest BCUT2D eigenvalue weighted by Gasteiger charge is 2.44. The summed E-state index contributed by atoms with van der Waals surface area (Å²) in [5.74, 6) is -2.17. The van der Waals surface area contributed by atoms with E-state index >= 15 is 0 Å². The van der Waals surface area contributed by atoms with Crippen molar-refractivity contribution < 1.29 is 18.3 Å². The van der Waals surface area contributed by atoms with Crippen molar-refractivity contribution in [1.82, 2.24) is 19.3 Å². The maximum absolute atomic E-state index is 12.7. The molecule has 2 aromatic rings. The van der Waals surface area contributed by atoms with Crippen molar-refractivity contribution in [2.75, 3.05) is 13.1 Å². The van der Waals surface area contributed by atoms with Gasteiger partial charge in [-0.25, -0.2) is 13.1 Å². The third kappa shape index (κ3) is 2.73. The van der Waals surface area contributed by atoms with E-state index in [-0.39, 0.29) is 24.0 Å². The number of carboxylic acid groups (broad SMARTS) is 1. The van der Waals surface area contributed by atoms with E-state index in [0.717, 1.165) is 5.56 Å². The minimum Gasteiger partial charge on any atom is -0.481 e. The van der Waals surface area contributed by atoms with Gasteiger partial charge in [0.15, 0.2) is 5.03 Å². The van der Waals surface area contributed by atoms with E-state index in [4.69, 9.17) is 0 Å². The summed E-state index contributed by atoms with van der Waals surface area (Å²) in [7, 11) is -2.34. The summed E-state index contributed by atoms with van der Waals surface area (Å²) in [6.07, 6.45) is 1.17. The van der Waals surface area contributed by atoms with Crippen molar-refractivity contribution >= 4 is 16.0 Å². The fourth-order valence-electron chi connectivity index (χ4n) is 2.90. The van der Waals surface area contributed by atoms with E-state index < -0.39 is 21.9 Å². The maximum atomic E-state index is 12.7. The molecule has 0 spiro atoms. The average Bonchev–Trinajstić information content (AvgIpc) is 3.15. The topological polar surface area (TPSA) is 105 Å². The maximum Gasteiger partial charge on any atom is 0.308 e. The van der Waals surface area contributed by atoms with Gasteiger partial charge < -0.3 is 5.11 Å². The molecule has 0 aliphatic carbocycles. The van der Waals surface area contributed by atoms with Crippen molar-refractivity contribution in [3.05, 3.63) is 42.1 Å². The molecule has 0 amide bonds. The molecular weight excluding hydrogens is 320 g/mol. The van der Waals surface area contributed by atoms with Crippen LogP contribution in [0.25, 0.3) is 0 Å². The standard InChI is InChI=1S/C14H16N4O4S/c1-17-13(7-15-16-17)23(21,22)18-8-11(12(9-18)14(19)20)10-5-3-2-4-6-10/h2-7,11-12H,8-9H2,1H3,(H,19,20)/t11-,12+/m1/s1. The lowest BCUT2D eigenvalue weighted by molar-refractivity contribution is -0.141. The molecule has 1 N–H and O–H groups in total. The molecule has 1 aliphatic rings. The Bertz CT molecular complexity index is 818. The number of aromatic nitrogens is 3. The minimum atomic E-state index is -3.83. The fourth-order valence-corrected chi connectivity index (χ4v) is 4.43. The Hall–Kier alpha value is -2.26. The van der Waals surface area contributed by atoms with Crippen LogP contribution in [0.3, 0.4) is 0 Å². The normalized spacial score (nSPS) is 22.3. The van der Waals surface area contributed by atoms with E-state index in [1.54, 1.807) is 0 Å². The van der Waals surface area contributed by atoms with Gasteiger partial charge >= 0.3 is 5.97 Å². The van der Waals surface area contributed by atoms with Crippen LogP contribution in [0.4, 0.5) is 0 Å². The zero-order valence-electron chi connectivity index (χ0n) is 12.4. The zero-order chi connectivity index (χ0) is 16.6. The molecule has 1 fully saturated rings. The van der Waals surface area contributed by atoms with Crippen molar-refractivity contribution in [3.8, 4) is 0 Å². The monoisotopic (exact) mass is 336 g/mol. The molecule has 1 saturated heterocycles. The highest BCUT2D eigenvalue weighted by Crippen LogP contribution is 2.35. The Morgan fingerprint density at radius 2 is 1.96 bits per heavy atom. The molecule has 2 heterocycles. The van der Waals surface area contributed by atoms with E-state index in [9.17, 15) is 18.3 Å². The Morgan fingerprint density at radius 3 is 2.52 bits per heavy atom. The van der Waals surface area contributed by atoms with Crippen molar-refractivity contribution in [2.24, 2.45) is 13.0 Å². The number of hydrogen-bond acceptors (Lipinski definition) is 5. The second-order valence-electron chi connectivity index (χ2n) is 5.48. The van der Waals surface area contributed by atoms with Crippen LogP contribution in [0.5, 0.6) is 0 Å². The summed E-state index contributed by atoms with van der Waals surface area (Å²) in [5, 5.41) is 16.6. The van der Waals surface area contributed by atoms with Gasteiger partial charge in [0.05, 0.1) is 12.1 Å². The van der Waals surface area contributed by atoms with Gasteiger partial charge in [-0.15, -0.1) is 5.10 Å². The molecule has 0 radical (unpaired) electrons. The van der Waals surface area contributed by atoms with Crippen molar-refractivity contribution in [1.29, 1.82) is 0 Å². The van der Waals surface area contributed by atoms with Gasteiger partial charge in [-0.3, -0.25) is 4.79 Å². The van der Waals surface area contributed by atoms with Crippen LogP contribution in [-0.4, -0.2) is 51.9 Å². The first-order valence-electron chi connectivity index (χ1n) is 7.04. The molecular formula is C14H16N4O4S. The lowest BCUT2D eigenvalue weighted by Gasteiger charge is -2.16. The van der Waals surface area contributed by atoms with E-state index in [1.807, 2.05) is 30.3 Å². The molecule has 0 saturated carbocycles. The fraction of sp³-hybridized carbons (Fsp3) is 0.357. The van der Waals surface area contributed by atoms with Gasteiger partial charge in [0.1, 0.15) is 0 Å². The van der Waals surface area contributed by atoms with Gasteiger partial charge in [-0.1, -0.05) is 35.5 Å². The van der Waals surface area contributed by atoms with Gasteiger partial charge in [0.2, 0.25) is 0 Å². The highest BCUT2D eigenvalue weighted by molar-refractivity contribution is 7.89. The van der Waals surface area contributed by atoms with E-state index in [1.165, 1.54) is 22.2 Å². The first-order valence-corrected chi connectivity index (χ1v) is 8.48. The predicted octanol–water partition coefficient (Wildman–Crippen LogP) is 0.304. The van der Waals surface area contributed by atoms with Crippen molar-refractivity contribution in [2.45, 2.75) is 10.9 Å². The molecule has 122 valence electrons. The molecule has 9 heteroatoms. The number of sulfonamides is 1. The molecule has 0 bridgehead atoms. The number of aliphatic carboxylic acids is 1. The molecule has 23 heavy (non-hydrogen) atoms. The Kier molecular flexibility index (Phi) is 3.90. The number of carboxylic acids is 1. The van der Waals surface area contributed by atoms with Gasteiger partial charge in [-0.2, -0.15) is 4.31 Å². The Labute approximate surface area is 133 Å². The van der Waals surface area contributed by atoms with Crippen LogP contribution in [0, 0.1) is 5.92 Å². The van der Waals surface area contributed by atoms with E-state index in [0.29, 0.717) is 0 Å². The quantitative estimate of drug-likeness (QED) is 0.861. The van der Waals surface area contributed by atoms with Crippen LogP contribution in [-0.2, 0) is 21.9 Å². The SMILES string of the molecule is Cn1nncc1S(=O)(=O)N1C[C@H](C(=O)O)[C@@H](c2ccccc2)C1. The van der Waals surface area contributed by atoms with Gasteiger partial charge in [0.25, 0.3) is 10.0 Å². The van der Waals surface area contributed by atoms with Gasteiger partial charge in [0, 0.05) is 26.1 Å². The lowest BCUT2D eigenvalue weighted by Crippen LogP contribution is -2.31. The third-order valence-electron chi connectivity index (χ3n) is 4.11. The molecule has 1 aliphatic heterocycles. The number of carbonyl (C=O) groups is 1. The number of aryl methyl sites for hydroxylation is 1. The minimum absolute atomic E-state index is 0.0460. The Morgan fingerprint density at radius 1 is 1.26 bits per heavy atom. The lowest BCUT2D eigenvalue weighted by atomic mass is 9.89. The summed E-state index contributed by atoms with van der Waals surface area (Å²) >= 11 is 0. The van der Waals surface area contributed by atoms with Gasteiger partial charge in [-0.05, 0) is 5.56 Å². The molecule has 1 aromatic heterocycles. The zero-order valence-corrected chi connectivity index (χ0v) is 13.2. The molecule has 3 rings (SSSR count). The highest BCUT2D eigenvalue weighted by atomic mass is 32.2. The molecule has 2 atom stereocenters. The molecule has 8 nitrogen and oxygen atoms in total. The first kappa shape index (κ1) is 15.6. The van der Waals surface area contributed by atoms with Crippen LogP contribution < -0.4 is 0 Å². The number of rotatable bonds is 4. The van der Waals surface area contributed by atoms with Crippen LogP contribution in [0.1, 0.15) is 11.5 Å². The summed E-state index contributed by atoms with van der Waals surface area (Å²) in [4.78, 5) is 11.6. The molecule has 0 unspecified atom stereocenters. The first-order chi connectivity index (χ1) is 10.9. The summed E-state index contributed by atoms with van der Waals surface area (Å²) in [6.45, 7) is 0.0525. The molecule has 1 aromatic carbocycles. The average molecular weight is 336 g/mol. The summed E-state index contributed by atoms with van der Waals surface area (Å²) in [6, 6.07) is 9.11.